The van der Waals surface area contributed by atoms with Crippen molar-refractivity contribution in [2.45, 2.75) is 57.8 Å². The van der Waals surface area contributed by atoms with E-state index in [1.54, 1.807) is 22.7 Å². The molecule has 2 N–H and O–H groups in total. The number of benzene rings is 2. The van der Waals surface area contributed by atoms with Crippen LogP contribution in [0.2, 0.25) is 0 Å². The average Bonchev–Trinajstić information content (AvgIpc) is 3.56. The molecule has 0 aliphatic rings. The maximum absolute atomic E-state index is 4.34. The van der Waals surface area contributed by atoms with Gasteiger partial charge in [-0.25, -0.2) is 0 Å². The standard InChI is InChI=1S/C29H34N6S2/c1-22(18-20-24-12-6-3-7-13-24)30-28-34-32-26(36-28)16-10-5-11-17-27-33-35-29(37-27)31-23(2)19-21-25-14-8-4-9-15-25/h3-4,6-9,12-15H,1-2,5,10-11,16-21H2,(H,30,34)(H,31,35). The van der Waals surface area contributed by atoms with Gasteiger partial charge in [-0.2, -0.15) is 0 Å². The zero-order valence-electron chi connectivity index (χ0n) is 21.2. The maximum atomic E-state index is 4.34. The van der Waals surface area contributed by atoms with Gasteiger partial charge in [-0.15, -0.1) is 20.4 Å². The number of aromatic nitrogens is 4. The molecule has 8 heteroatoms. The summed E-state index contributed by atoms with van der Waals surface area (Å²) in [6.07, 6.45) is 8.88. The minimum absolute atomic E-state index is 0.826. The average molecular weight is 531 g/mol. The van der Waals surface area contributed by atoms with Gasteiger partial charge in [-0.1, -0.05) is 103 Å². The molecule has 0 bridgehead atoms. The SMILES string of the molecule is C=C(CCc1ccccc1)Nc1nnc(CCCCCc2nnc(NC(=C)CCc3ccccc3)s2)s1. The van der Waals surface area contributed by atoms with E-state index in [2.05, 4.69) is 92.7 Å². The lowest BCUT2D eigenvalue weighted by Gasteiger charge is -2.06. The zero-order valence-corrected chi connectivity index (χ0v) is 22.8. The van der Waals surface area contributed by atoms with E-state index in [0.717, 1.165) is 89.5 Å². The highest BCUT2D eigenvalue weighted by atomic mass is 32.1. The highest BCUT2D eigenvalue weighted by Gasteiger charge is 2.08. The molecule has 4 rings (SSSR count). The van der Waals surface area contributed by atoms with Crippen LogP contribution in [-0.2, 0) is 25.7 Å². The summed E-state index contributed by atoms with van der Waals surface area (Å²) in [5, 5.41) is 27.6. The fourth-order valence-electron chi connectivity index (χ4n) is 3.85. The van der Waals surface area contributed by atoms with Crippen LogP contribution in [0.25, 0.3) is 0 Å². The molecule has 2 aromatic carbocycles. The Morgan fingerprint density at radius 3 is 1.43 bits per heavy atom. The lowest BCUT2D eigenvalue weighted by molar-refractivity contribution is 0.669. The van der Waals surface area contributed by atoms with Crippen LogP contribution in [0.5, 0.6) is 0 Å². The van der Waals surface area contributed by atoms with Crippen molar-refractivity contribution in [1.82, 2.24) is 20.4 Å². The van der Waals surface area contributed by atoms with Crippen molar-refractivity contribution in [3.05, 3.63) is 106 Å². The third-order valence-electron chi connectivity index (χ3n) is 5.90. The Labute approximate surface area is 227 Å². The lowest BCUT2D eigenvalue weighted by Crippen LogP contribution is -1.99. The minimum atomic E-state index is 0.826. The van der Waals surface area contributed by atoms with Gasteiger partial charge in [-0.05, 0) is 49.7 Å². The fraction of sp³-hybridized carbons (Fsp3) is 0.310. The number of anilines is 2. The second kappa shape index (κ2) is 14.4. The first-order valence-corrected chi connectivity index (χ1v) is 14.4. The number of nitrogens with one attached hydrogen (secondary N) is 2. The molecule has 0 fully saturated rings. The molecule has 0 amide bonds. The van der Waals surface area contributed by atoms with E-state index in [4.69, 9.17) is 0 Å². The van der Waals surface area contributed by atoms with Crippen LogP contribution >= 0.6 is 22.7 Å². The molecule has 4 aromatic rings. The summed E-state index contributed by atoms with van der Waals surface area (Å²) in [6.45, 7) is 8.27. The van der Waals surface area contributed by atoms with Crippen molar-refractivity contribution in [2.75, 3.05) is 10.6 Å². The Morgan fingerprint density at radius 1 is 0.568 bits per heavy atom. The molecule has 0 aliphatic heterocycles. The summed E-state index contributed by atoms with van der Waals surface area (Å²) in [4.78, 5) is 0. The van der Waals surface area contributed by atoms with Gasteiger partial charge >= 0.3 is 0 Å². The first-order valence-electron chi connectivity index (χ1n) is 12.8. The predicted octanol–water partition coefficient (Wildman–Crippen LogP) is 7.46. The predicted molar refractivity (Wildman–Crippen MR) is 156 cm³/mol. The molecule has 37 heavy (non-hydrogen) atoms. The number of hydrogen-bond acceptors (Lipinski definition) is 8. The van der Waals surface area contributed by atoms with Gasteiger partial charge < -0.3 is 10.6 Å². The number of hydrogen-bond donors (Lipinski definition) is 2. The van der Waals surface area contributed by atoms with E-state index in [9.17, 15) is 0 Å². The molecule has 192 valence electrons. The van der Waals surface area contributed by atoms with Crippen molar-refractivity contribution in [1.29, 1.82) is 0 Å². The number of nitrogens with zero attached hydrogens (tertiary/aromatic N) is 4. The summed E-state index contributed by atoms with van der Waals surface area (Å²) < 4.78 is 0. The normalized spacial score (nSPS) is 10.8. The van der Waals surface area contributed by atoms with Crippen LogP contribution in [-0.4, -0.2) is 20.4 Å². The van der Waals surface area contributed by atoms with E-state index >= 15 is 0 Å². The van der Waals surface area contributed by atoms with Gasteiger partial charge in [0.1, 0.15) is 10.0 Å². The van der Waals surface area contributed by atoms with Crippen molar-refractivity contribution in [3.63, 3.8) is 0 Å². The van der Waals surface area contributed by atoms with Gasteiger partial charge in [0.2, 0.25) is 10.3 Å². The van der Waals surface area contributed by atoms with Gasteiger partial charge in [-0.3, -0.25) is 0 Å². The van der Waals surface area contributed by atoms with Crippen molar-refractivity contribution >= 4 is 32.9 Å². The van der Waals surface area contributed by atoms with Crippen molar-refractivity contribution in [2.24, 2.45) is 0 Å². The van der Waals surface area contributed by atoms with E-state index < -0.39 is 0 Å². The summed E-state index contributed by atoms with van der Waals surface area (Å²) in [6, 6.07) is 20.9. The van der Waals surface area contributed by atoms with Gasteiger partial charge in [0.05, 0.1) is 0 Å². The quantitative estimate of drug-likeness (QED) is 0.146. The molecule has 2 aromatic heterocycles. The zero-order chi connectivity index (χ0) is 25.7. The molecule has 0 saturated carbocycles. The highest BCUT2D eigenvalue weighted by molar-refractivity contribution is 7.15. The maximum Gasteiger partial charge on any atom is 0.209 e. The first-order chi connectivity index (χ1) is 18.1. The Morgan fingerprint density at radius 2 is 1.00 bits per heavy atom. The van der Waals surface area contributed by atoms with Crippen LogP contribution in [0, 0.1) is 0 Å². The molecule has 0 unspecified atom stereocenters. The molecule has 0 spiro atoms. The van der Waals surface area contributed by atoms with Crippen LogP contribution < -0.4 is 10.6 Å². The summed E-state index contributed by atoms with van der Waals surface area (Å²) >= 11 is 3.24. The fourth-order valence-corrected chi connectivity index (χ4v) is 5.50. The largest absolute Gasteiger partial charge is 0.334 e. The lowest BCUT2D eigenvalue weighted by atomic mass is 10.1. The highest BCUT2D eigenvalue weighted by Crippen LogP contribution is 2.22. The van der Waals surface area contributed by atoms with E-state index in [1.165, 1.54) is 11.1 Å². The summed E-state index contributed by atoms with van der Waals surface area (Å²) in [7, 11) is 0. The Bertz CT molecular complexity index is 1150. The Hall–Kier alpha value is -3.36. The van der Waals surface area contributed by atoms with Gasteiger partial charge in [0.25, 0.3) is 0 Å². The van der Waals surface area contributed by atoms with Gasteiger partial charge in [0.15, 0.2) is 0 Å². The minimum Gasteiger partial charge on any atom is -0.334 e. The second-order valence-electron chi connectivity index (χ2n) is 8.99. The van der Waals surface area contributed by atoms with Crippen molar-refractivity contribution < 1.29 is 0 Å². The van der Waals surface area contributed by atoms with E-state index in [-0.39, 0.29) is 0 Å². The van der Waals surface area contributed by atoms with Crippen molar-refractivity contribution in [3.8, 4) is 0 Å². The molecular formula is C29H34N6S2. The number of unbranched alkanes of at least 4 members (excludes halogenated alkanes) is 2. The molecule has 6 nitrogen and oxygen atoms in total. The Balaban J connectivity index is 1.08. The molecule has 2 heterocycles. The van der Waals surface area contributed by atoms with Crippen LogP contribution in [0.1, 0.15) is 53.2 Å². The third kappa shape index (κ3) is 9.55. The van der Waals surface area contributed by atoms with E-state index in [0.29, 0.717) is 0 Å². The molecular weight excluding hydrogens is 496 g/mol. The number of aryl methyl sites for hydroxylation is 4. The third-order valence-corrected chi connectivity index (χ3v) is 7.70. The molecule has 0 atom stereocenters. The second-order valence-corrected chi connectivity index (χ2v) is 11.1. The summed E-state index contributed by atoms with van der Waals surface area (Å²) in [5.41, 5.74) is 4.57. The van der Waals surface area contributed by atoms with Gasteiger partial charge in [0, 0.05) is 24.2 Å². The van der Waals surface area contributed by atoms with E-state index in [1.807, 2.05) is 12.1 Å². The van der Waals surface area contributed by atoms with Crippen LogP contribution in [0.3, 0.4) is 0 Å². The molecule has 0 saturated heterocycles. The first kappa shape index (κ1) is 26.7. The van der Waals surface area contributed by atoms with Crippen LogP contribution in [0.4, 0.5) is 10.3 Å². The van der Waals surface area contributed by atoms with Crippen LogP contribution in [0.15, 0.2) is 85.2 Å². The number of allylic oxidation sites excluding steroid dienone is 2. The number of rotatable bonds is 16. The Kier molecular flexibility index (Phi) is 10.4. The smallest absolute Gasteiger partial charge is 0.209 e. The monoisotopic (exact) mass is 530 g/mol. The molecule has 0 radical (unpaired) electrons. The molecule has 0 aliphatic carbocycles. The summed E-state index contributed by atoms with van der Waals surface area (Å²) in [5.74, 6) is 0. The topological polar surface area (TPSA) is 75.6 Å².